The van der Waals surface area contributed by atoms with Crippen LogP contribution in [0.5, 0.6) is 0 Å². The topological polar surface area (TPSA) is 71.8 Å². The van der Waals surface area contributed by atoms with Crippen molar-refractivity contribution in [3.8, 4) is 0 Å². The molecule has 0 spiro atoms. The monoisotopic (exact) mass is 281 g/mol. The molecule has 0 radical (unpaired) electrons. The molecule has 0 unspecified atom stereocenters. The van der Waals surface area contributed by atoms with Crippen molar-refractivity contribution in [2.75, 3.05) is 0 Å². The Kier molecular flexibility index (Phi) is 4.06. The van der Waals surface area contributed by atoms with Crippen molar-refractivity contribution in [2.45, 2.75) is 23.5 Å². The highest BCUT2D eigenvalue weighted by Gasteiger charge is 2.04. The highest BCUT2D eigenvalue weighted by atomic mass is 35.5. The number of aromatic nitrogens is 2. The van der Waals surface area contributed by atoms with Crippen LogP contribution in [0.25, 0.3) is 0 Å². The van der Waals surface area contributed by atoms with Gasteiger partial charge in [-0.15, -0.1) is 0 Å². The second-order valence-electron chi connectivity index (χ2n) is 3.75. The van der Waals surface area contributed by atoms with E-state index in [0.717, 1.165) is 10.5 Å². The van der Waals surface area contributed by atoms with Crippen molar-refractivity contribution in [1.29, 1.82) is 0 Å². The van der Waals surface area contributed by atoms with E-state index in [2.05, 4.69) is 9.97 Å². The molecule has 1 aromatic heterocycles. The van der Waals surface area contributed by atoms with E-state index >= 15 is 0 Å². The third-order valence-electron chi connectivity index (χ3n) is 2.31. The predicted octanol–water partition coefficient (Wildman–Crippen LogP) is 2.34. The summed E-state index contributed by atoms with van der Waals surface area (Å²) in [5.41, 5.74) is 6.97. The number of nitrogens with zero attached hydrogens (tertiary/aromatic N) is 1. The van der Waals surface area contributed by atoms with Crippen LogP contribution in [0.3, 0.4) is 0 Å². The number of aryl methyl sites for hydroxylation is 1. The number of H-pyrrole nitrogens is 1. The van der Waals surface area contributed by atoms with Crippen molar-refractivity contribution in [1.82, 2.24) is 9.97 Å². The first-order chi connectivity index (χ1) is 8.58. The summed E-state index contributed by atoms with van der Waals surface area (Å²) in [6.45, 7) is 2.19. The first-order valence-electron chi connectivity index (χ1n) is 5.33. The summed E-state index contributed by atoms with van der Waals surface area (Å²) in [6.07, 6.45) is 0. The number of aromatic amines is 1. The summed E-state index contributed by atoms with van der Waals surface area (Å²) in [5, 5.41) is 1.18. The molecule has 0 saturated carbocycles. The van der Waals surface area contributed by atoms with Gasteiger partial charge < -0.3 is 10.7 Å². The van der Waals surface area contributed by atoms with Gasteiger partial charge in [0.2, 0.25) is 0 Å². The van der Waals surface area contributed by atoms with Crippen molar-refractivity contribution in [3.05, 3.63) is 50.9 Å². The van der Waals surface area contributed by atoms with Crippen LogP contribution in [-0.2, 0) is 6.54 Å². The summed E-state index contributed by atoms with van der Waals surface area (Å²) in [4.78, 5) is 19.1. The summed E-state index contributed by atoms with van der Waals surface area (Å²) in [7, 11) is 0. The molecule has 1 heterocycles. The van der Waals surface area contributed by atoms with E-state index in [1.807, 2.05) is 18.2 Å². The Morgan fingerprint density at radius 2 is 2.22 bits per heavy atom. The Hall–Kier alpha value is -1.30. The van der Waals surface area contributed by atoms with E-state index in [1.54, 1.807) is 6.92 Å². The maximum absolute atomic E-state index is 11.3. The van der Waals surface area contributed by atoms with Gasteiger partial charge in [0.1, 0.15) is 0 Å². The lowest BCUT2D eigenvalue weighted by Gasteiger charge is -2.05. The lowest BCUT2D eigenvalue weighted by atomic mass is 10.2. The highest BCUT2D eigenvalue weighted by Crippen LogP contribution is 2.28. The number of halogens is 1. The lowest BCUT2D eigenvalue weighted by Crippen LogP contribution is -2.07. The molecule has 18 heavy (non-hydrogen) atoms. The fraction of sp³-hybridized carbons (Fsp3) is 0.167. The molecular weight excluding hydrogens is 270 g/mol. The molecule has 3 N–H and O–H groups in total. The minimum absolute atomic E-state index is 0.158. The zero-order valence-corrected chi connectivity index (χ0v) is 11.3. The molecule has 0 fully saturated rings. The largest absolute Gasteiger partial charge is 0.326 e. The standard InChI is InChI=1S/C12H12ClN3OS/c1-7-4-11(17)16-12(15-7)18-9-3-2-8(6-14)10(13)5-9/h2-5H,6,14H2,1H3,(H,15,16,17). The molecule has 0 amide bonds. The molecule has 0 bridgehead atoms. The molecule has 2 rings (SSSR count). The van der Waals surface area contributed by atoms with Crippen molar-refractivity contribution >= 4 is 23.4 Å². The second-order valence-corrected chi connectivity index (χ2v) is 5.22. The van der Waals surface area contributed by atoms with Crippen LogP contribution in [0.2, 0.25) is 5.02 Å². The number of benzene rings is 1. The van der Waals surface area contributed by atoms with Crippen LogP contribution in [-0.4, -0.2) is 9.97 Å². The molecule has 94 valence electrons. The molecular formula is C12H12ClN3OS. The van der Waals surface area contributed by atoms with Gasteiger partial charge in [0.15, 0.2) is 5.16 Å². The molecule has 0 atom stereocenters. The third kappa shape index (κ3) is 3.13. The number of nitrogens with one attached hydrogen (secondary N) is 1. The van der Waals surface area contributed by atoms with Crippen LogP contribution in [0.15, 0.2) is 39.1 Å². The summed E-state index contributed by atoms with van der Waals surface area (Å²) >= 11 is 7.43. The van der Waals surface area contributed by atoms with E-state index in [0.29, 0.717) is 22.4 Å². The minimum atomic E-state index is -0.158. The van der Waals surface area contributed by atoms with E-state index in [9.17, 15) is 4.79 Å². The first kappa shape index (κ1) is 13.1. The Bertz CT molecular complexity index is 627. The van der Waals surface area contributed by atoms with Gasteiger partial charge in [-0.25, -0.2) is 4.98 Å². The second kappa shape index (κ2) is 5.56. The van der Waals surface area contributed by atoms with Crippen molar-refractivity contribution < 1.29 is 0 Å². The van der Waals surface area contributed by atoms with Gasteiger partial charge in [-0.1, -0.05) is 29.4 Å². The minimum Gasteiger partial charge on any atom is -0.326 e. The predicted molar refractivity (Wildman–Crippen MR) is 73.1 cm³/mol. The summed E-state index contributed by atoms with van der Waals surface area (Å²) < 4.78 is 0. The van der Waals surface area contributed by atoms with E-state index < -0.39 is 0 Å². The van der Waals surface area contributed by atoms with Gasteiger partial charge in [0.05, 0.1) is 0 Å². The van der Waals surface area contributed by atoms with Gasteiger partial charge in [-0.3, -0.25) is 4.79 Å². The van der Waals surface area contributed by atoms with E-state index in [1.165, 1.54) is 17.8 Å². The number of hydrogen-bond donors (Lipinski definition) is 2. The van der Waals surface area contributed by atoms with Crippen LogP contribution >= 0.6 is 23.4 Å². The molecule has 0 aliphatic rings. The van der Waals surface area contributed by atoms with Crippen molar-refractivity contribution in [2.24, 2.45) is 5.73 Å². The fourth-order valence-electron chi connectivity index (χ4n) is 1.47. The van der Waals surface area contributed by atoms with E-state index in [4.69, 9.17) is 17.3 Å². The average molecular weight is 282 g/mol. The van der Waals surface area contributed by atoms with Crippen molar-refractivity contribution in [3.63, 3.8) is 0 Å². The van der Waals surface area contributed by atoms with Gasteiger partial charge in [-0.2, -0.15) is 0 Å². The van der Waals surface area contributed by atoms with Crippen LogP contribution in [0, 0.1) is 6.92 Å². The van der Waals surface area contributed by atoms with Crippen LogP contribution < -0.4 is 11.3 Å². The molecule has 0 aliphatic heterocycles. The maximum Gasteiger partial charge on any atom is 0.251 e. The highest BCUT2D eigenvalue weighted by molar-refractivity contribution is 7.99. The number of rotatable bonds is 3. The van der Waals surface area contributed by atoms with Gasteiger partial charge in [0.25, 0.3) is 5.56 Å². The molecule has 0 saturated heterocycles. The third-order valence-corrected chi connectivity index (χ3v) is 3.54. The van der Waals surface area contributed by atoms with Gasteiger partial charge >= 0.3 is 0 Å². The molecule has 1 aromatic carbocycles. The fourth-order valence-corrected chi connectivity index (χ4v) is 2.67. The molecule has 0 aliphatic carbocycles. The van der Waals surface area contributed by atoms with Crippen LogP contribution in [0.1, 0.15) is 11.3 Å². The first-order valence-corrected chi connectivity index (χ1v) is 6.52. The summed E-state index contributed by atoms with van der Waals surface area (Å²) in [5.74, 6) is 0. The Morgan fingerprint density at radius 3 is 2.83 bits per heavy atom. The summed E-state index contributed by atoms with van der Waals surface area (Å²) in [6, 6.07) is 7.05. The van der Waals surface area contributed by atoms with Crippen LogP contribution in [0.4, 0.5) is 0 Å². The zero-order valence-electron chi connectivity index (χ0n) is 9.74. The number of hydrogen-bond acceptors (Lipinski definition) is 4. The Balaban J connectivity index is 2.28. The molecule has 4 nitrogen and oxygen atoms in total. The maximum atomic E-state index is 11.3. The molecule has 2 aromatic rings. The van der Waals surface area contributed by atoms with Gasteiger partial charge in [-0.05, 0) is 24.6 Å². The SMILES string of the molecule is Cc1cc(=O)[nH]c(Sc2ccc(CN)c(Cl)c2)n1. The normalized spacial score (nSPS) is 10.6. The number of nitrogens with two attached hydrogens (primary N) is 1. The Morgan fingerprint density at radius 1 is 1.44 bits per heavy atom. The van der Waals surface area contributed by atoms with Gasteiger partial charge in [0, 0.05) is 28.2 Å². The smallest absolute Gasteiger partial charge is 0.251 e. The molecule has 6 heteroatoms. The average Bonchev–Trinajstić information content (AvgIpc) is 2.27. The van der Waals surface area contributed by atoms with E-state index in [-0.39, 0.29) is 5.56 Å². The Labute approximate surface area is 114 Å². The lowest BCUT2D eigenvalue weighted by molar-refractivity contribution is 0.905. The quantitative estimate of drug-likeness (QED) is 0.847. The zero-order chi connectivity index (χ0) is 13.1.